The Morgan fingerprint density at radius 2 is 2.10 bits per heavy atom. The predicted molar refractivity (Wildman–Crippen MR) is 81.7 cm³/mol. The quantitative estimate of drug-likeness (QED) is 0.839. The van der Waals surface area contributed by atoms with E-state index >= 15 is 0 Å². The van der Waals surface area contributed by atoms with Crippen LogP contribution in [0.5, 0.6) is 0 Å². The van der Waals surface area contributed by atoms with E-state index in [2.05, 4.69) is 33.7 Å². The zero-order valence-electron chi connectivity index (χ0n) is 12.9. The van der Waals surface area contributed by atoms with E-state index < -0.39 is 0 Å². The molecule has 4 heteroatoms. The molecule has 0 bridgehead atoms. The molecule has 1 heterocycles. The third-order valence-corrected chi connectivity index (χ3v) is 5.33. The number of hydrogen-bond donors (Lipinski definition) is 2. The van der Waals surface area contributed by atoms with Crippen LogP contribution in [0.4, 0.5) is 0 Å². The van der Waals surface area contributed by atoms with Gasteiger partial charge in [-0.05, 0) is 58.0 Å². The number of likely N-dealkylation sites (N-methyl/N-ethyl adjacent to an activating group) is 2. The number of nitrogens with one attached hydrogen (secondary N) is 2. The van der Waals surface area contributed by atoms with Crippen LogP contribution in [0.1, 0.15) is 55.7 Å². The van der Waals surface area contributed by atoms with E-state index in [4.69, 9.17) is 0 Å². The summed E-state index contributed by atoms with van der Waals surface area (Å²) in [4.78, 5) is 2.37. The highest BCUT2D eigenvalue weighted by molar-refractivity contribution is 5.22. The molecule has 112 valence electrons. The molecule has 3 rings (SSSR count). The van der Waals surface area contributed by atoms with E-state index in [0.717, 1.165) is 25.0 Å². The van der Waals surface area contributed by atoms with Gasteiger partial charge >= 0.3 is 0 Å². The van der Waals surface area contributed by atoms with Gasteiger partial charge in [0, 0.05) is 37.3 Å². The van der Waals surface area contributed by atoms with Crippen molar-refractivity contribution >= 4 is 0 Å². The number of nitrogens with zero attached hydrogens (tertiary/aromatic N) is 2. The lowest BCUT2D eigenvalue weighted by Crippen LogP contribution is -2.27. The van der Waals surface area contributed by atoms with Crippen molar-refractivity contribution in [1.82, 2.24) is 20.4 Å². The zero-order valence-corrected chi connectivity index (χ0v) is 12.9. The SMILES string of the molecule is CNCCN(C)Cc1c[nH]nc1C1CCC2(CC1)CC2. The first kappa shape index (κ1) is 14.1. The van der Waals surface area contributed by atoms with Crippen LogP contribution in [-0.4, -0.2) is 42.3 Å². The normalized spacial score (nSPS) is 21.8. The van der Waals surface area contributed by atoms with E-state index in [1.165, 1.54) is 49.8 Å². The minimum Gasteiger partial charge on any atom is -0.318 e. The van der Waals surface area contributed by atoms with Crippen LogP contribution in [0.15, 0.2) is 6.20 Å². The molecular formula is C16H28N4. The van der Waals surface area contributed by atoms with Crippen LogP contribution >= 0.6 is 0 Å². The Morgan fingerprint density at radius 3 is 2.75 bits per heavy atom. The maximum atomic E-state index is 4.57. The summed E-state index contributed by atoms with van der Waals surface area (Å²) < 4.78 is 0. The second-order valence-corrected chi connectivity index (χ2v) is 6.91. The van der Waals surface area contributed by atoms with Crippen LogP contribution in [0.3, 0.4) is 0 Å². The monoisotopic (exact) mass is 276 g/mol. The first-order valence-electron chi connectivity index (χ1n) is 8.08. The standard InChI is InChI=1S/C16H28N4/c1-17-9-10-20(2)12-14-11-18-19-15(14)13-3-5-16(6-4-13)7-8-16/h11,13,17H,3-10,12H2,1-2H3,(H,18,19). The zero-order chi connectivity index (χ0) is 14.0. The lowest BCUT2D eigenvalue weighted by atomic mass is 9.78. The van der Waals surface area contributed by atoms with Gasteiger partial charge in [0.15, 0.2) is 0 Å². The van der Waals surface area contributed by atoms with Gasteiger partial charge in [0.1, 0.15) is 0 Å². The average molecular weight is 276 g/mol. The highest BCUT2D eigenvalue weighted by Gasteiger charge is 2.45. The predicted octanol–water partition coefficient (Wildman–Crippen LogP) is 2.50. The smallest absolute Gasteiger partial charge is 0.0697 e. The van der Waals surface area contributed by atoms with Gasteiger partial charge in [0.2, 0.25) is 0 Å². The van der Waals surface area contributed by atoms with Crippen molar-refractivity contribution in [1.29, 1.82) is 0 Å². The fourth-order valence-electron chi connectivity index (χ4n) is 3.66. The summed E-state index contributed by atoms with van der Waals surface area (Å²) in [6.45, 7) is 3.12. The van der Waals surface area contributed by atoms with Crippen molar-refractivity contribution in [3.05, 3.63) is 17.5 Å². The first-order chi connectivity index (χ1) is 9.72. The lowest BCUT2D eigenvalue weighted by Gasteiger charge is -2.28. The summed E-state index contributed by atoms with van der Waals surface area (Å²) in [7, 11) is 4.20. The first-order valence-corrected chi connectivity index (χ1v) is 8.08. The van der Waals surface area contributed by atoms with Gasteiger partial charge in [-0.2, -0.15) is 5.10 Å². The van der Waals surface area contributed by atoms with E-state index in [1.54, 1.807) is 0 Å². The molecule has 1 aromatic heterocycles. The Kier molecular flexibility index (Phi) is 4.13. The topological polar surface area (TPSA) is 44.0 Å². The highest BCUT2D eigenvalue weighted by Crippen LogP contribution is 2.58. The molecule has 0 radical (unpaired) electrons. The molecular weight excluding hydrogens is 248 g/mol. The van der Waals surface area contributed by atoms with Crippen molar-refractivity contribution in [2.24, 2.45) is 5.41 Å². The maximum absolute atomic E-state index is 4.57. The fraction of sp³-hybridized carbons (Fsp3) is 0.812. The molecule has 0 aliphatic heterocycles. The number of H-pyrrole nitrogens is 1. The molecule has 0 saturated heterocycles. The summed E-state index contributed by atoms with van der Waals surface area (Å²) in [6, 6.07) is 0. The van der Waals surface area contributed by atoms with Crippen molar-refractivity contribution in [3.63, 3.8) is 0 Å². The third-order valence-electron chi connectivity index (χ3n) is 5.33. The van der Waals surface area contributed by atoms with Gasteiger partial charge in [-0.15, -0.1) is 0 Å². The van der Waals surface area contributed by atoms with Crippen molar-refractivity contribution in [3.8, 4) is 0 Å². The van der Waals surface area contributed by atoms with Crippen molar-refractivity contribution in [2.45, 2.75) is 51.0 Å². The van der Waals surface area contributed by atoms with Gasteiger partial charge in [0.25, 0.3) is 0 Å². The van der Waals surface area contributed by atoms with Gasteiger partial charge < -0.3 is 10.2 Å². The van der Waals surface area contributed by atoms with Crippen LogP contribution < -0.4 is 5.32 Å². The molecule has 2 aliphatic carbocycles. The molecule has 2 saturated carbocycles. The van der Waals surface area contributed by atoms with Gasteiger partial charge in [-0.1, -0.05) is 0 Å². The maximum Gasteiger partial charge on any atom is 0.0697 e. The second kappa shape index (κ2) is 5.86. The molecule has 1 aromatic rings. The van der Waals surface area contributed by atoms with E-state index in [9.17, 15) is 0 Å². The summed E-state index contributed by atoms with van der Waals surface area (Å²) >= 11 is 0. The molecule has 4 nitrogen and oxygen atoms in total. The van der Waals surface area contributed by atoms with Gasteiger partial charge in [0.05, 0.1) is 5.69 Å². The van der Waals surface area contributed by atoms with Crippen molar-refractivity contribution < 1.29 is 0 Å². The Labute approximate surface area is 122 Å². The van der Waals surface area contributed by atoms with Gasteiger partial charge in [-0.3, -0.25) is 5.10 Å². The highest BCUT2D eigenvalue weighted by atomic mass is 15.1. The molecule has 0 atom stereocenters. The van der Waals surface area contributed by atoms with Crippen molar-refractivity contribution in [2.75, 3.05) is 27.2 Å². The molecule has 1 spiro atoms. The summed E-state index contributed by atoms with van der Waals surface area (Å²) in [6.07, 6.45) is 10.6. The Balaban J connectivity index is 1.58. The molecule has 20 heavy (non-hydrogen) atoms. The molecule has 0 unspecified atom stereocenters. The average Bonchev–Trinajstić information content (AvgIpc) is 3.05. The van der Waals surface area contributed by atoms with Gasteiger partial charge in [-0.25, -0.2) is 0 Å². The lowest BCUT2D eigenvalue weighted by molar-refractivity contribution is 0.296. The number of aromatic nitrogens is 2. The fourth-order valence-corrected chi connectivity index (χ4v) is 3.66. The molecule has 0 aromatic carbocycles. The van der Waals surface area contributed by atoms with E-state index in [-0.39, 0.29) is 0 Å². The Hall–Kier alpha value is -0.870. The van der Waals surface area contributed by atoms with Crippen LogP contribution in [-0.2, 0) is 6.54 Å². The van der Waals surface area contributed by atoms with E-state index in [1.807, 2.05) is 7.05 Å². The molecule has 2 fully saturated rings. The Morgan fingerprint density at radius 1 is 1.35 bits per heavy atom. The summed E-state index contributed by atoms with van der Waals surface area (Å²) in [5.41, 5.74) is 3.52. The minimum absolute atomic E-state index is 0.695. The second-order valence-electron chi connectivity index (χ2n) is 6.91. The molecule has 2 N–H and O–H groups in total. The Bertz CT molecular complexity index is 425. The number of aromatic amines is 1. The van der Waals surface area contributed by atoms with Crippen LogP contribution in [0, 0.1) is 5.41 Å². The van der Waals surface area contributed by atoms with E-state index in [0.29, 0.717) is 5.92 Å². The van der Waals surface area contributed by atoms with Crippen LogP contribution in [0.2, 0.25) is 0 Å². The largest absolute Gasteiger partial charge is 0.318 e. The molecule has 2 aliphatic rings. The minimum atomic E-state index is 0.695. The summed E-state index contributed by atoms with van der Waals surface area (Å²) in [5, 5.41) is 10.9. The van der Waals surface area contributed by atoms with Crippen LogP contribution in [0.25, 0.3) is 0 Å². The summed E-state index contributed by atoms with van der Waals surface area (Å²) in [5.74, 6) is 0.695. The third kappa shape index (κ3) is 3.07. The number of hydrogen-bond acceptors (Lipinski definition) is 3. The molecule has 0 amide bonds. The number of rotatable bonds is 6.